The first-order chi connectivity index (χ1) is 18.8. The smallest absolute Gasteiger partial charge is 0.241 e. The lowest BCUT2D eigenvalue weighted by Gasteiger charge is -2.24. The summed E-state index contributed by atoms with van der Waals surface area (Å²) in [7, 11) is -3.88. The second kappa shape index (κ2) is 11.5. The Labute approximate surface area is 228 Å². The number of fused-ring (bicyclic) bond motifs is 1. The average molecular weight is 545 g/mol. The summed E-state index contributed by atoms with van der Waals surface area (Å²) >= 11 is 0. The van der Waals surface area contributed by atoms with Gasteiger partial charge >= 0.3 is 0 Å². The van der Waals surface area contributed by atoms with Gasteiger partial charge in [0.1, 0.15) is 0 Å². The lowest BCUT2D eigenvalue weighted by Crippen LogP contribution is -2.34. The van der Waals surface area contributed by atoms with Gasteiger partial charge in [-0.3, -0.25) is 4.79 Å². The van der Waals surface area contributed by atoms with Crippen LogP contribution in [0.4, 0.5) is 5.69 Å². The van der Waals surface area contributed by atoms with E-state index in [1.807, 2.05) is 55.5 Å². The summed E-state index contributed by atoms with van der Waals surface area (Å²) < 4.78 is 29.1. The van der Waals surface area contributed by atoms with Gasteiger partial charge in [0.15, 0.2) is 0 Å². The highest BCUT2D eigenvalue weighted by Crippen LogP contribution is 2.36. The number of benzene rings is 3. The Balaban J connectivity index is 1.41. The maximum absolute atomic E-state index is 13.5. The molecule has 0 radical (unpaired) electrons. The lowest BCUT2D eigenvalue weighted by molar-refractivity contribution is -0.118. The summed E-state index contributed by atoms with van der Waals surface area (Å²) in [6.45, 7) is 2.29. The van der Waals surface area contributed by atoms with E-state index in [0.717, 1.165) is 28.8 Å². The van der Waals surface area contributed by atoms with Crippen molar-refractivity contribution in [3.05, 3.63) is 113 Å². The predicted octanol–water partition coefficient (Wildman–Crippen LogP) is 4.07. The van der Waals surface area contributed by atoms with Crippen LogP contribution < -0.4 is 9.62 Å². The fourth-order valence-corrected chi connectivity index (χ4v) is 6.20. The summed E-state index contributed by atoms with van der Waals surface area (Å²) in [5.74, 6) is -0.0694. The molecular weight excluding hydrogens is 512 g/mol. The third kappa shape index (κ3) is 6.11. The van der Waals surface area contributed by atoms with Gasteiger partial charge in [-0.2, -0.15) is 0 Å². The summed E-state index contributed by atoms with van der Waals surface area (Å²) in [6.07, 6.45) is 4.36. The van der Waals surface area contributed by atoms with Crippen molar-refractivity contribution >= 4 is 21.6 Å². The minimum Gasteiger partial charge on any atom is -0.391 e. The Morgan fingerprint density at radius 2 is 1.85 bits per heavy atom. The molecule has 0 unspecified atom stereocenters. The van der Waals surface area contributed by atoms with E-state index in [1.165, 1.54) is 0 Å². The number of H-pyrrole nitrogens is 1. The number of hydrogen-bond donors (Lipinski definition) is 3. The van der Waals surface area contributed by atoms with Crippen LogP contribution in [-0.2, 0) is 40.6 Å². The van der Waals surface area contributed by atoms with E-state index >= 15 is 0 Å². The Hall–Kier alpha value is -3.79. The monoisotopic (exact) mass is 544 g/mol. The van der Waals surface area contributed by atoms with Gasteiger partial charge in [-0.15, -0.1) is 0 Å². The van der Waals surface area contributed by atoms with Crippen LogP contribution in [0.2, 0.25) is 0 Å². The SMILES string of the molecule is CCc1ccc(S(=O)(=O)N[C@@H]2c3cc(N(Cc4cnc[nH]4)C(=O)CCc4ccccc4)ccc3C[C@H]2O)cc1. The van der Waals surface area contributed by atoms with Crippen LogP contribution in [-0.4, -0.2) is 35.5 Å². The predicted molar refractivity (Wildman–Crippen MR) is 150 cm³/mol. The molecule has 1 amide bonds. The molecule has 4 aromatic rings. The maximum atomic E-state index is 13.5. The fourth-order valence-electron chi connectivity index (χ4n) is 4.95. The van der Waals surface area contributed by atoms with Gasteiger partial charge in [0.2, 0.25) is 15.9 Å². The average Bonchev–Trinajstić information content (AvgIpc) is 3.58. The normalized spacial score (nSPS) is 16.7. The number of aryl methyl sites for hydroxylation is 2. The van der Waals surface area contributed by atoms with Crippen LogP contribution in [0.5, 0.6) is 0 Å². The molecule has 8 nitrogen and oxygen atoms in total. The van der Waals surface area contributed by atoms with Gasteiger partial charge in [-0.05, 0) is 59.4 Å². The van der Waals surface area contributed by atoms with Crippen LogP contribution in [0.3, 0.4) is 0 Å². The first kappa shape index (κ1) is 26.8. The first-order valence-corrected chi connectivity index (χ1v) is 14.6. The molecule has 0 aliphatic heterocycles. The van der Waals surface area contributed by atoms with Crippen LogP contribution in [0.15, 0.2) is 90.2 Å². The van der Waals surface area contributed by atoms with Crippen molar-refractivity contribution in [1.82, 2.24) is 14.7 Å². The van der Waals surface area contributed by atoms with Crippen LogP contribution in [0.25, 0.3) is 0 Å². The summed E-state index contributed by atoms with van der Waals surface area (Å²) in [4.78, 5) is 22.4. The number of hydrogen-bond acceptors (Lipinski definition) is 5. The number of imidazole rings is 1. The molecule has 1 aliphatic carbocycles. The number of amides is 1. The number of aliphatic hydroxyl groups excluding tert-OH is 1. The summed E-state index contributed by atoms with van der Waals surface area (Å²) in [6, 6.07) is 21.3. The van der Waals surface area contributed by atoms with Gasteiger partial charge in [0.25, 0.3) is 0 Å². The Morgan fingerprint density at radius 3 is 2.54 bits per heavy atom. The fraction of sp³-hybridized carbons (Fsp3) is 0.267. The van der Waals surface area contributed by atoms with Crippen LogP contribution >= 0.6 is 0 Å². The summed E-state index contributed by atoms with van der Waals surface area (Å²) in [5.41, 5.74) is 5.03. The number of anilines is 1. The zero-order valence-corrected chi connectivity index (χ0v) is 22.6. The molecule has 39 heavy (non-hydrogen) atoms. The Bertz CT molecular complexity index is 1520. The van der Waals surface area contributed by atoms with E-state index in [9.17, 15) is 18.3 Å². The molecule has 9 heteroatoms. The molecule has 202 valence electrons. The molecule has 2 atom stereocenters. The second-order valence-electron chi connectivity index (χ2n) is 9.79. The first-order valence-electron chi connectivity index (χ1n) is 13.1. The van der Waals surface area contributed by atoms with Gasteiger partial charge in [0, 0.05) is 24.7 Å². The highest BCUT2D eigenvalue weighted by atomic mass is 32.2. The quantitative estimate of drug-likeness (QED) is 0.278. The van der Waals surface area contributed by atoms with Crippen molar-refractivity contribution in [2.75, 3.05) is 4.90 Å². The number of aromatic amines is 1. The maximum Gasteiger partial charge on any atom is 0.241 e. The van der Waals surface area contributed by atoms with Crippen molar-refractivity contribution in [3.63, 3.8) is 0 Å². The van der Waals surface area contributed by atoms with Gasteiger partial charge in [0.05, 0.1) is 35.6 Å². The molecule has 1 aliphatic rings. The van der Waals surface area contributed by atoms with E-state index < -0.39 is 22.2 Å². The molecule has 0 saturated carbocycles. The Morgan fingerprint density at radius 1 is 1.08 bits per heavy atom. The lowest BCUT2D eigenvalue weighted by atomic mass is 10.1. The molecule has 3 N–H and O–H groups in total. The number of sulfonamides is 1. The minimum atomic E-state index is -3.88. The number of nitrogens with zero attached hydrogens (tertiary/aromatic N) is 2. The molecule has 0 spiro atoms. The zero-order valence-electron chi connectivity index (χ0n) is 21.7. The van der Waals surface area contributed by atoms with E-state index in [-0.39, 0.29) is 17.3 Å². The van der Waals surface area contributed by atoms with Crippen molar-refractivity contribution in [3.8, 4) is 0 Å². The molecule has 5 rings (SSSR count). The number of aliphatic hydroxyl groups is 1. The molecule has 1 heterocycles. The summed E-state index contributed by atoms with van der Waals surface area (Å²) in [5, 5.41) is 10.8. The third-order valence-corrected chi connectivity index (χ3v) is 8.63. The number of aromatic nitrogens is 2. The number of carbonyl (C=O) groups excluding carboxylic acids is 1. The number of nitrogens with one attached hydrogen (secondary N) is 2. The topological polar surface area (TPSA) is 115 Å². The van der Waals surface area contributed by atoms with Crippen molar-refractivity contribution in [2.45, 2.75) is 56.2 Å². The minimum absolute atomic E-state index is 0.0694. The number of rotatable bonds is 10. The highest BCUT2D eigenvalue weighted by molar-refractivity contribution is 7.89. The van der Waals surface area contributed by atoms with Gasteiger partial charge in [-0.1, -0.05) is 55.5 Å². The van der Waals surface area contributed by atoms with Crippen molar-refractivity contribution in [1.29, 1.82) is 0 Å². The number of carbonyl (C=O) groups is 1. The van der Waals surface area contributed by atoms with Crippen LogP contribution in [0, 0.1) is 0 Å². The zero-order chi connectivity index (χ0) is 27.4. The molecule has 0 fully saturated rings. The molecule has 1 aromatic heterocycles. The van der Waals surface area contributed by atoms with E-state index in [1.54, 1.807) is 41.7 Å². The highest BCUT2D eigenvalue weighted by Gasteiger charge is 2.35. The van der Waals surface area contributed by atoms with Crippen LogP contribution in [0.1, 0.15) is 47.3 Å². The van der Waals surface area contributed by atoms with E-state index in [0.29, 0.717) is 30.5 Å². The largest absolute Gasteiger partial charge is 0.391 e. The van der Waals surface area contributed by atoms with Gasteiger partial charge in [-0.25, -0.2) is 18.1 Å². The molecule has 3 aromatic carbocycles. The van der Waals surface area contributed by atoms with Crippen molar-refractivity contribution in [2.24, 2.45) is 0 Å². The van der Waals surface area contributed by atoms with E-state index in [4.69, 9.17) is 0 Å². The van der Waals surface area contributed by atoms with Gasteiger partial charge < -0.3 is 15.0 Å². The van der Waals surface area contributed by atoms with E-state index in [2.05, 4.69) is 14.7 Å². The second-order valence-corrected chi connectivity index (χ2v) is 11.5. The Kier molecular flexibility index (Phi) is 7.92. The van der Waals surface area contributed by atoms with Crippen molar-refractivity contribution < 1.29 is 18.3 Å². The standard InChI is InChI=1S/C30H32N4O4S/c1-2-21-8-13-26(14-9-21)39(37,38)33-30-27-17-25(12-11-23(27)16-28(30)35)34(19-24-18-31-20-32-24)29(36)15-10-22-6-4-3-5-7-22/h3-9,11-14,17-18,20,28,30,33,35H,2,10,15-16,19H2,1H3,(H,31,32)/t28-,30-/m1/s1. The molecule has 0 saturated heterocycles. The molecule has 0 bridgehead atoms. The molecular formula is C30H32N4O4S. The third-order valence-electron chi connectivity index (χ3n) is 7.17.